The number of rotatable bonds is 3. The summed E-state index contributed by atoms with van der Waals surface area (Å²) in [6.07, 6.45) is 1.37. The predicted molar refractivity (Wildman–Crippen MR) is 59.8 cm³/mol. The number of nitrogens with zero attached hydrogens (tertiary/aromatic N) is 1. The van der Waals surface area contributed by atoms with E-state index in [4.69, 9.17) is 0 Å². The Morgan fingerprint density at radius 1 is 1.25 bits per heavy atom. The van der Waals surface area contributed by atoms with E-state index in [1.807, 2.05) is 0 Å². The van der Waals surface area contributed by atoms with Gasteiger partial charge in [0.2, 0.25) is 0 Å². The van der Waals surface area contributed by atoms with Crippen LogP contribution in [0, 0.1) is 11.8 Å². The van der Waals surface area contributed by atoms with Crippen molar-refractivity contribution in [3.8, 4) is 0 Å². The molecular formula is C9H17IN2. The highest BCUT2D eigenvalue weighted by atomic mass is 127. The molecule has 0 radical (unpaired) electrons. The fourth-order valence-corrected chi connectivity index (χ4v) is 2.76. The van der Waals surface area contributed by atoms with Gasteiger partial charge >= 0.3 is 0 Å². The van der Waals surface area contributed by atoms with E-state index in [1.54, 1.807) is 0 Å². The van der Waals surface area contributed by atoms with Crippen LogP contribution in [-0.2, 0) is 0 Å². The van der Waals surface area contributed by atoms with Crippen molar-refractivity contribution in [1.82, 2.24) is 10.2 Å². The average Bonchev–Trinajstić information content (AvgIpc) is 2.58. The molecule has 0 aromatic heterocycles. The number of likely N-dealkylation sites (tertiary alicyclic amines) is 1. The Bertz CT molecular complexity index is 139. The first-order chi connectivity index (χ1) is 5.90. The van der Waals surface area contributed by atoms with Gasteiger partial charge in [-0.05, 0) is 37.9 Å². The number of hydrogen-bond acceptors (Lipinski definition) is 2. The first kappa shape index (κ1) is 9.21. The van der Waals surface area contributed by atoms with Gasteiger partial charge in [-0.15, -0.1) is 0 Å². The summed E-state index contributed by atoms with van der Waals surface area (Å²) in [6.45, 7) is 6.58. The van der Waals surface area contributed by atoms with E-state index in [9.17, 15) is 0 Å². The van der Waals surface area contributed by atoms with Crippen molar-refractivity contribution in [3.63, 3.8) is 0 Å². The van der Waals surface area contributed by atoms with Gasteiger partial charge in [-0.3, -0.25) is 0 Å². The third-order valence-corrected chi connectivity index (χ3v) is 3.84. The van der Waals surface area contributed by atoms with Crippen LogP contribution in [0.1, 0.15) is 6.42 Å². The quantitative estimate of drug-likeness (QED) is 0.612. The van der Waals surface area contributed by atoms with Crippen molar-refractivity contribution in [2.75, 3.05) is 37.2 Å². The molecule has 0 aromatic carbocycles. The van der Waals surface area contributed by atoms with Crippen molar-refractivity contribution in [2.24, 2.45) is 11.8 Å². The van der Waals surface area contributed by atoms with E-state index in [0.29, 0.717) is 0 Å². The first-order valence-corrected chi connectivity index (χ1v) is 6.41. The molecule has 2 heterocycles. The number of nitrogens with one attached hydrogen (secondary N) is 1. The summed E-state index contributed by atoms with van der Waals surface area (Å²) in [5.41, 5.74) is 0. The lowest BCUT2D eigenvalue weighted by atomic mass is 10.0. The highest BCUT2D eigenvalue weighted by molar-refractivity contribution is 14.1. The minimum atomic E-state index is 0.971. The minimum Gasteiger partial charge on any atom is -0.316 e. The molecule has 3 heteroatoms. The van der Waals surface area contributed by atoms with Crippen LogP contribution in [0.2, 0.25) is 0 Å². The normalized spacial score (nSPS) is 35.8. The van der Waals surface area contributed by atoms with Gasteiger partial charge in [0.05, 0.1) is 0 Å². The van der Waals surface area contributed by atoms with Gasteiger partial charge in [-0.1, -0.05) is 22.6 Å². The van der Waals surface area contributed by atoms with Crippen molar-refractivity contribution < 1.29 is 0 Å². The average molecular weight is 280 g/mol. The molecule has 2 aliphatic rings. The van der Waals surface area contributed by atoms with Gasteiger partial charge in [0.25, 0.3) is 0 Å². The van der Waals surface area contributed by atoms with E-state index in [0.717, 1.165) is 11.8 Å². The summed E-state index contributed by atoms with van der Waals surface area (Å²) >= 11 is 2.47. The van der Waals surface area contributed by atoms with Crippen LogP contribution in [-0.4, -0.2) is 42.1 Å². The molecule has 2 unspecified atom stereocenters. The standard InChI is InChI=1S/C9H17IN2/c10-2-1-3-12-6-8-4-11-5-9(8)7-12/h8-9,11H,1-7H2. The Morgan fingerprint density at radius 2 is 1.92 bits per heavy atom. The molecule has 1 N–H and O–H groups in total. The van der Waals surface area contributed by atoms with Gasteiger partial charge in [0, 0.05) is 17.5 Å². The summed E-state index contributed by atoms with van der Waals surface area (Å²) < 4.78 is 1.31. The van der Waals surface area contributed by atoms with Crippen LogP contribution >= 0.6 is 22.6 Å². The highest BCUT2D eigenvalue weighted by Crippen LogP contribution is 2.25. The van der Waals surface area contributed by atoms with Crippen LogP contribution in [0.4, 0.5) is 0 Å². The maximum atomic E-state index is 3.47. The van der Waals surface area contributed by atoms with E-state index in [2.05, 4.69) is 32.8 Å². The Labute approximate surface area is 88.2 Å². The molecule has 0 aliphatic carbocycles. The smallest absolute Gasteiger partial charge is 0.00255 e. The third-order valence-electron chi connectivity index (χ3n) is 3.07. The fraction of sp³-hybridized carbons (Fsp3) is 1.00. The summed E-state index contributed by atoms with van der Waals surface area (Å²) in [4.78, 5) is 2.65. The van der Waals surface area contributed by atoms with Crippen molar-refractivity contribution in [3.05, 3.63) is 0 Å². The summed E-state index contributed by atoms with van der Waals surface area (Å²) in [5, 5.41) is 3.47. The van der Waals surface area contributed by atoms with Gasteiger partial charge in [0.1, 0.15) is 0 Å². The molecule has 2 saturated heterocycles. The van der Waals surface area contributed by atoms with E-state index < -0.39 is 0 Å². The number of alkyl halides is 1. The van der Waals surface area contributed by atoms with Crippen LogP contribution in [0.25, 0.3) is 0 Å². The molecule has 0 aromatic rings. The number of fused-ring (bicyclic) bond motifs is 1. The highest BCUT2D eigenvalue weighted by Gasteiger charge is 2.35. The second kappa shape index (κ2) is 4.24. The molecular weight excluding hydrogens is 263 g/mol. The van der Waals surface area contributed by atoms with Gasteiger partial charge in [-0.25, -0.2) is 0 Å². The van der Waals surface area contributed by atoms with Gasteiger partial charge in [0.15, 0.2) is 0 Å². The van der Waals surface area contributed by atoms with Crippen LogP contribution < -0.4 is 5.32 Å². The van der Waals surface area contributed by atoms with Crippen molar-refractivity contribution >= 4 is 22.6 Å². The third kappa shape index (κ3) is 1.93. The van der Waals surface area contributed by atoms with Crippen LogP contribution in [0.15, 0.2) is 0 Å². The summed E-state index contributed by atoms with van der Waals surface area (Å²) in [6, 6.07) is 0. The molecule has 12 heavy (non-hydrogen) atoms. The SMILES string of the molecule is ICCCN1CC2CNCC2C1. The topological polar surface area (TPSA) is 15.3 Å². The molecule has 2 fully saturated rings. The maximum absolute atomic E-state index is 3.47. The molecule has 2 nitrogen and oxygen atoms in total. The lowest BCUT2D eigenvalue weighted by molar-refractivity contribution is 0.315. The van der Waals surface area contributed by atoms with E-state index >= 15 is 0 Å². The minimum absolute atomic E-state index is 0.971. The lowest BCUT2D eigenvalue weighted by Gasteiger charge is -2.15. The molecule has 70 valence electrons. The predicted octanol–water partition coefficient (Wildman–Crippen LogP) is 0.963. The van der Waals surface area contributed by atoms with Crippen molar-refractivity contribution in [2.45, 2.75) is 6.42 Å². The summed E-state index contributed by atoms with van der Waals surface area (Å²) in [5.74, 6) is 1.94. The van der Waals surface area contributed by atoms with Gasteiger partial charge < -0.3 is 10.2 Å². The van der Waals surface area contributed by atoms with E-state index in [1.165, 1.54) is 43.6 Å². The van der Waals surface area contributed by atoms with Crippen LogP contribution in [0.5, 0.6) is 0 Å². The molecule has 0 spiro atoms. The van der Waals surface area contributed by atoms with Crippen molar-refractivity contribution in [1.29, 1.82) is 0 Å². The molecule has 0 saturated carbocycles. The first-order valence-electron chi connectivity index (χ1n) is 4.89. The van der Waals surface area contributed by atoms with E-state index in [-0.39, 0.29) is 0 Å². The fourth-order valence-electron chi connectivity index (χ4n) is 2.42. The Morgan fingerprint density at radius 3 is 2.50 bits per heavy atom. The lowest BCUT2D eigenvalue weighted by Crippen LogP contribution is -2.26. The maximum Gasteiger partial charge on any atom is 0.00255 e. The van der Waals surface area contributed by atoms with Crippen LogP contribution in [0.3, 0.4) is 0 Å². The molecule has 2 atom stereocenters. The monoisotopic (exact) mass is 280 g/mol. The largest absolute Gasteiger partial charge is 0.316 e. The second-order valence-electron chi connectivity index (χ2n) is 3.98. The molecule has 2 aliphatic heterocycles. The molecule has 0 bridgehead atoms. The second-order valence-corrected chi connectivity index (χ2v) is 5.06. The Balaban J connectivity index is 1.75. The van der Waals surface area contributed by atoms with Gasteiger partial charge in [-0.2, -0.15) is 0 Å². The summed E-state index contributed by atoms with van der Waals surface area (Å²) in [7, 11) is 0. The molecule has 2 rings (SSSR count). The number of halogens is 1. The zero-order valence-corrected chi connectivity index (χ0v) is 9.59. The Hall–Kier alpha value is 0.650. The zero-order valence-electron chi connectivity index (χ0n) is 7.43. The molecule has 0 amide bonds. The number of hydrogen-bond donors (Lipinski definition) is 1. The Kier molecular flexibility index (Phi) is 3.26. The zero-order chi connectivity index (χ0) is 8.39.